The Kier molecular flexibility index (Phi) is 5.38. The molecule has 0 aliphatic heterocycles. The zero-order chi connectivity index (χ0) is 13.4. The van der Waals surface area contributed by atoms with Crippen LogP contribution in [0.3, 0.4) is 0 Å². The molecular weight excluding hydrogens is 232 g/mol. The average molecular weight is 246 g/mol. The van der Waals surface area contributed by atoms with Crippen molar-refractivity contribution in [3.63, 3.8) is 0 Å². The van der Waals surface area contributed by atoms with Crippen molar-refractivity contribution in [2.75, 3.05) is 0 Å². The minimum Gasteiger partial charge on any atom is -0.462 e. The molecule has 0 atom stereocenters. The summed E-state index contributed by atoms with van der Waals surface area (Å²) < 4.78 is 10.0. The van der Waals surface area contributed by atoms with Crippen LogP contribution in [0.1, 0.15) is 27.8 Å². The topological polar surface area (TPSA) is 60.4 Å². The van der Waals surface area contributed by atoms with Crippen LogP contribution in [-0.4, -0.2) is 12.6 Å². The molecule has 2 aromatic rings. The molecule has 0 aromatic carbocycles. The summed E-state index contributed by atoms with van der Waals surface area (Å²) in [5, 5.41) is 0. The summed E-state index contributed by atoms with van der Waals surface area (Å²) in [6.45, 7) is 3.66. The van der Waals surface area contributed by atoms with E-state index in [0.717, 1.165) is 17.8 Å². The van der Waals surface area contributed by atoms with Crippen LogP contribution in [0.25, 0.3) is 6.08 Å². The first-order valence-electron chi connectivity index (χ1n) is 5.35. The predicted octanol–water partition coefficient (Wildman–Crippen LogP) is 3.20. The van der Waals surface area contributed by atoms with Crippen LogP contribution in [0.2, 0.25) is 0 Å². The van der Waals surface area contributed by atoms with Gasteiger partial charge in [-0.25, -0.2) is 0 Å². The van der Waals surface area contributed by atoms with Crippen LogP contribution in [0.4, 0.5) is 0 Å². The fourth-order valence-electron chi connectivity index (χ4n) is 1.19. The molecule has 0 radical (unpaired) electrons. The van der Waals surface area contributed by atoms with Crippen molar-refractivity contribution in [3.8, 4) is 0 Å². The molecule has 0 saturated heterocycles. The maximum atomic E-state index is 9.93. The summed E-state index contributed by atoms with van der Waals surface area (Å²) in [6, 6.07) is 7.06. The van der Waals surface area contributed by atoms with Crippen molar-refractivity contribution in [1.29, 1.82) is 0 Å². The highest BCUT2D eigenvalue weighted by molar-refractivity contribution is 5.72. The summed E-state index contributed by atoms with van der Waals surface area (Å²) in [4.78, 5) is 19.8. The van der Waals surface area contributed by atoms with E-state index in [2.05, 4.69) is 0 Å². The van der Waals surface area contributed by atoms with Crippen LogP contribution in [-0.2, 0) is 4.79 Å². The minimum atomic E-state index is 0.391. The van der Waals surface area contributed by atoms with Gasteiger partial charge in [0, 0.05) is 0 Å². The number of carbonyl (C=O) groups excluding carboxylic acids is 2. The highest BCUT2D eigenvalue weighted by atomic mass is 16.3. The number of carbonyl (C=O) groups is 2. The summed E-state index contributed by atoms with van der Waals surface area (Å²) >= 11 is 0. The van der Waals surface area contributed by atoms with Gasteiger partial charge in [-0.3, -0.25) is 9.59 Å². The Balaban J connectivity index is 0.000000184. The van der Waals surface area contributed by atoms with Crippen LogP contribution in [0.5, 0.6) is 0 Å². The van der Waals surface area contributed by atoms with Crippen molar-refractivity contribution in [2.45, 2.75) is 13.8 Å². The highest BCUT2D eigenvalue weighted by Gasteiger charge is 1.91. The van der Waals surface area contributed by atoms with Gasteiger partial charge in [-0.15, -0.1) is 0 Å². The van der Waals surface area contributed by atoms with E-state index in [9.17, 15) is 9.59 Å². The minimum absolute atomic E-state index is 0.391. The second-order valence-corrected chi connectivity index (χ2v) is 3.51. The molecule has 0 saturated carbocycles. The van der Waals surface area contributed by atoms with Gasteiger partial charge in [0.1, 0.15) is 23.6 Å². The quantitative estimate of drug-likeness (QED) is 0.616. The molecule has 0 fully saturated rings. The Morgan fingerprint density at radius 1 is 0.889 bits per heavy atom. The fraction of sp³-hybridized carbons (Fsp3) is 0.143. The second kappa shape index (κ2) is 7.06. The van der Waals surface area contributed by atoms with Gasteiger partial charge in [-0.05, 0) is 50.3 Å². The lowest BCUT2D eigenvalue weighted by Crippen LogP contribution is -1.66. The van der Waals surface area contributed by atoms with Crippen LogP contribution < -0.4 is 0 Å². The smallest absolute Gasteiger partial charge is 0.185 e. The SMILES string of the molecule is Cc1ccc(/C=C/C=O)o1.Cc1ccc(C=O)o1. The summed E-state index contributed by atoms with van der Waals surface area (Å²) in [5.41, 5.74) is 0. The largest absolute Gasteiger partial charge is 0.462 e. The molecule has 0 spiro atoms. The number of hydrogen-bond donors (Lipinski definition) is 0. The number of rotatable bonds is 3. The summed E-state index contributed by atoms with van der Waals surface area (Å²) in [7, 11) is 0. The lowest BCUT2D eigenvalue weighted by atomic mass is 10.4. The molecule has 2 aromatic heterocycles. The van der Waals surface area contributed by atoms with Crippen LogP contribution in [0, 0.1) is 13.8 Å². The molecule has 2 heterocycles. The Labute approximate surface area is 105 Å². The lowest BCUT2D eigenvalue weighted by Gasteiger charge is -1.80. The molecule has 0 N–H and O–H groups in total. The third-order valence-electron chi connectivity index (χ3n) is 1.98. The van der Waals surface area contributed by atoms with Crippen molar-refractivity contribution in [2.24, 2.45) is 0 Å². The fourth-order valence-corrected chi connectivity index (χ4v) is 1.19. The van der Waals surface area contributed by atoms with Gasteiger partial charge >= 0.3 is 0 Å². The maximum absolute atomic E-state index is 9.93. The maximum Gasteiger partial charge on any atom is 0.185 e. The predicted molar refractivity (Wildman–Crippen MR) is 67.4 cm³/mol. The van der Waals surface area contributed by atoms with E-state index in [1.165, 1.54) is 6.08 Å². The molecule has 18 heavy (non-hydrogen) atoms. The highest BCUT2D eigenvalue weighted by Crippen LogP contribution is 2.06. The monoisotopic (exact) mass is 246 g/mol. The van der Waals surface area contributed by atoms with Gasteiger partial charge in [-0.2, -0.15) is 0 Å². The molecule has 94 valence electrons. The van der Waals surface area contributed by atoms with Gasteiger partial charge in [0.15, 0.2) is 12.0 Å². The zero-order valence-electron chi connectivity index (χ0n) is 10.3. The number of allylic oxidation sites excluding steroid dienone is 1. The normalized spacial score (nSPS) is 9.89. The Bertz CT molecular complexity index is 531. The molecule has 0 aliphatic rings. The first kappa shape index (κ1) is 13.7. The first-order valence-corrected chi connectivity index (χ1v) is 5.35. The van der Waals surface area contributed by atoms with E-state index < -0.39 is 0 Å². The van der Waals surface area contributed by atoms with Crippen LogP contribution in [0.15, 0.2) is 39.2 Å². The van der Waals surface area contributed by atoms with E-state index in [-0.39, 0.29) is 0 Å². The van der Waals surface area contributed by atoms with Crippen LogP contribution >= 0.6 is 0 Å². The van der Waals surface area contributed by atoms with E-state index in [1.807, 2.05) is 19.1 Å². The molecule has 0 aliphatic carbocycles. The second-order valence-electron chi connectivity index (χ2n) is 3.51. The Hall–Kier alpha value is -2.36. The third-order valence-corrected chi connectivity index (χ3v) is 1.98. The van der Waals surface area contributed by atoms with Crippen molar-refractivity contribution in [3.05, 3.63) is 53.4 Å². The van der Waals surface area contributed by atoms with Gasteiger partial charge in [-0.1, -0.05) is 0 Å². The zero-order valence-corrected chi connectivity index (χ0v) is 10.3. The molecule has 4 nitrogen and oxygen atoms in total. The number of furan rings is 2. The lowest BCUT2D eigenvalue weighted by molar-refractivity contribution is -0.104. The van der Waals surface area contributed by atoms with E-state index >= 15 is 0 Å². The van der Waals surface area contributed by atoms with Gasteiger partial charge < -0.3 is 8.83 Å². The molecule has 2 rings (SSSR count). The Morgan fingerprint density at radius 3 is 1.78 bits per heavy atom. The first-order chi connectivity index (χ1) is 8.65. The van der Waals surface area contributed by atoms with Crippen molar-refractivity contribution < 1.29 is 18.4 Å². The standard InChI is InChI=1S/C8H8O2.C6H6O2/c1-7-4-5-8(10-7)3-2-6-9;1-5-2-3-6(4-7)8-5/h2-6H,1H3;2-4H,1H3/b3-2+;. The average Bonchev–Trinajstić information content (AvgIpc) is 2.96. The Morgan fingerprint density at radius 2 is 1.44 bits per heavy atom. The molecular formula is C14H14O4. The van der Waals surface area contributed by atoms with Gasteiger partial charge in [0.2, 0.25) is 0 Å². The number of hydrogen-bond acceptors (Lipinski definition) is 4. The van der Waals surface area contributed by atoms with Crippen molar-refractivity contribution in [1.82, 2.24) is 0 Å². The number of aldehydes is 2. The summed E-state index contributed by atoms with van der Waals surface area (Å²) in [6.07, 6.45) is 4.43. The van der Waals surface area contributed by atoms with Crippen molar-refractivity contribution >= 4 is 18.6 Å². The molecule has 0 bridgehead atoms. The molecule has 0 unspecified atom stereocenters. The van der Waals surface area contributed by atoms with E-state index in [0.29, 0.717) is 17.8 Å². The molecule has 4 heteroatoms. The van der Waals surface area contributed by atoms with Gasteiger partial charge in [0.25, 0.3) is 0 Å². The van der Waals surface area contributed by atoms with E-state index in [4.69, 9.17) is 8.83 Å². The molecule has 0 amide bonds. The van der Waals surface area contributed by atoms with Gasteiger partial charge in [0.05, 0.1) is 0 Å². The van der Waals surface area contributed by atoms with E-state index in [1.54, 1.807) is 25.1 Å². The third kappa shape index (κ3) is 4.65. The number of aryl methyl sites for hydroxylation is 2. The summed E-state index contributed by atoms with van der Waals surface area (Å²) in [5.74, 6) is 2.73.